The lowest BCUT2D eigenvalue weighted by atomic mass is 9.99. The van der Waals surface area contributed by atoms with Gasteiger partial charge in [-0.2, -0.15) is 0 Å². The topological polar surface area (TPSA) is 47.1 Å². The van der Waals surface area contributed by atoms with Crippen molar-refractivity contribution in [1.29, 1.82) is 0 Å². The van der Waals surface area contributed by atoms with E-state index in [1.165, 1.54) is 11.1 Å². The van der Waals surface area contributed by atoms with Crippen LogP contribution in [-0.2, 0) is 17.8 Å². The SMILES string of the molecule is CN(C)C(=O)CN1CCCN(C(=O)c2ccc(N3CCc4ccccc4C3)cc2)CC1. The van der Waals surface area contributed by atoms with Gasteiger partial charge in [0.25, 0.3) is 5.91 Å². The number of carbonyl (C=O) groups is 2. The van der Waals surface area contributed by atoms with Crippen molar-refractivity contribution < 1.29 is 9.59 Å². The van der Waals surface area contributed by atoms with Crippen LogP contribution in [0.2, 0.25) is 0 Å². The second-order valence-corrected chi connectivity index (χ2v) is 8.70. The highest BCUT2D eigenvalue weighted by Crippen LogP contribution is 2.25. The second-order valence-electron chi connectivity index (χ2n) is 8.70. The smallest absolute Gasteiger partial charge is 0.253 e. The van der Waals surface area contributed by atoms with Crippen molar-refractivity contribution in [2.45, 2.75) is 19.4 Å². The predicted molar refractivity (Wildman–Crippen MR) is 123 cm³/mol. The molecule has 164 valence electrons. The van der Waals surface area contributed by atoms with Crippen LogP contribution < -0.4 is 4.90 Å². The Kier molecular flexibility index (Phi) is 6.56. The van der Waals surface area contributed by atoms with E-state index in [-0.39, 0.29) is 11.8 Å². The van der Waals surface area contributed by atoms with Gasteiger partial charge in [0.05, 0.1) is 6.54 Å². The van der Waals surface area contributed by atoms with Crippen molar-refractivity contribution in [3.05, 3.63) is 65.2 Å². The number of anilines is 1. The highest BCUT2D eigenvalue weighted by atomic mass is 16.2. The van der Waals surface area contributed by atoms with E-state index in [9.17, 15) is 9.59 Å². The van der Waals surface area contributed by atoms with Crippen LogP contribution in [0.5, 0.6) is 0 Å². The standard InChI is InChI=1S/C25H32N4O2/c1-26(2)24(30)19-27-13-5-14-28(17-16-27)25(31)21-8-10-23(11-9-21)29-15-12-20-6-3-4-7-22(20)18-29/h3-4,6-11H,5,12-19H2,1-2H3. The van der Waals surface area contributed by atoms with Crippen molar-refractivity contribution in [3.63, 3.8) is 0 Å². The average molecular weight is 421 g/mol. The van der Waals surface area contributed by atoms with Gasteiger partial charge in [-0.05, 0) is 48.2 Å². The third-order valence-electron chi connectivity index (χ3n) is 6.34. The van der Waals surface area contributed by atoms with Crippen LogP contribution in [0, 0.1) is 0 Å². The largest absolute Gasteiger partial charge is 0.367 e. The van der Waals surface area contributed by atoms with E-state index >= 15 is 0 Å². The monoisotopic (exact) mass is 420 g/mol. The lowest BCUT2D eigenvalue weighted by molar-refractivity contribution is -0.129. The van der Waals surface area contributed by atoms with Gasteiger partial charge < -0.3 is 14.7 Å². The molecule has 2 heterocycles. The first-order valence-corrected chi connectivity index (χ1v) is 11.1. The Labute approximate surface area is 185 Å². The third-order valence-corrected chi connectivity index (χ3v) is 6.34. The molecule has 1 fully saturated rings. The lowest BCUT2D eigenvalue weighted by Gasteiger charge is -2.31. The Morgan fingerprint density at radius 2 is 1.61 bits per heavy atom. The summed E-state index contributed by atoms with van der Waals surface area (Å²) in [6, 6.07) is 16.7. The Balaban J connectivity index is 1.36. The number of amides is 2. The van der Waals surface area contributed by atoms with E-state index in [0.717, 1.165) is 56.8 Å². The first-order valence-electron chi connectivity index (χ1n) is 11.1. The second kappa shape index (κ2) is 9.52. The zero-order valence-corrected chi connectivity index (χ0v) is 18.6. The molecule has 0 N–H and O–H groups in total. The van der Waals surface area contributed by atoms with Gasteiger partial charge in [-0.1, -0.05) is 24.3 Å². The molecule has 0 bridgehead atoms. The minimum absolute atomic E-state index is 0.0799. The summed E-state index contributed by atoms with van der Waals surface area (Å²) in [5, 5.41) is 0. The number of hydrogen-bond donors (Lipinski definition) is 0. The highest BCUT2D eigenvalue weighted by Gasteiger charge is 2.22. The summed E-state index contributed by atoms with van der Waals surface area (Å²) in [6.07, 6.45) is 1.94. The normalized spacial score (nSPS) is 17.1. The fourth-order valence-corrected chi connectivity index (χ4v) is 4.38. The van der Waals surface area contributed by atoms with E-state index in [4.69, 9.17) is 0 Å². The zero-order chi connectivity index (χ0) is 21.8. The van der Waals surface area contributed by atoms with Gasteiger partial charge in [-0.3, -0.25) is 14.5 Å². The molecule has 0 saturated carbocycles. The van der Waals surface area contributed by atoms with Crippen LogP contribution in [0.1, 0.15) is 27.9 Å². The van der Waals surface area contributed by atoms with E-state index in [1.54, 1.807) is 19.0 Å². The van der Waals surface area contributed by atoms with Crippen LogP contribution >= 0.6 is 0 Å². The summed E-state index contributed by atoms with van der Waals surface area (Å²) < 4.78 is 0. The molecule has 2 aromatic carbocycles. The maximum atomic E-state index is 13.1. The van der Waals surface area contributed by atoms with Crippen molar-refractivity contribution in [1.82, 2.24) is 14.7 Å². The molecule has 1 saturated heterocycles. The van der Waals surface area contributed by atoms with E-state index in [1.807, 2.05) is 17.0 Å². The minimum atomic E-state index is 0.0799. The summed E-state index contributed by atoms with van der Waals surface area (Å²) in [5.41, 5.74) is 4.72. The van der Waals surface area contributed by atoms with Gasteiger partial charge in [0.15, 0.2) is 0 Å². The maximum Gasteiger partial charge on any atom is 0.253 e. The molecule has 6 nitrogen and oxygen atoms in total. The third kappa shape index (κ3) is 5.07. The quantitative estimate of drug-likeness (QED) is 0.763. The molecule has 0 radical (unpaired) electrons. The molecule has 0 spiro atoms. The molecule has 0 aromatic heterocycles. The molecule has 2 aliphatic heterocycles. The van der Waals surface area contributed by atoms with E-state index < -0.39 is 0 Å². The Bertz CT molecular complexity index is 925. The molecular formula is C25H32N4O2. The van der Waals surface area contributed by atoms with Gasteiger partial charge in [0, 0.05) is 64.6 Å². The molecule has 4 rings (SSSR count). The maximum absolute atomic E-state index is 13.1. The van der Waals surface area contributed by atoms with Crippen molar-refractivity contribution in [3.8, 4) is 0 Å². The number of likely N-dealkylation sites (N-methyl/N-ethyl adjacent to an activating group) is 1. The van der Waals surface area contributed by atoms with Gasteiger partial charge in [-0.15, -0.1) is 0 Å². The minimum Gasteiger partial charge on any atom is -0.367 e. The van der Waals surface area contributed by atoms with Crippen LogP contribution in [0.25, 0.3) is 0 Å². The Hall–Kier alpha value is -2.86. The molecule has 0 atom stereocenters. The fraction of sp³-hybridized carbons (Fsp3) is 0.440. The zero-order valence-electron chi connectivity index (χ0n) is 18.6. The molecule has 2 aliphatic rings. The number of fused-ring (bicyclic) bond motifs is 1. The van der Waals surface area contributed by atoms with Crippen LogP contribution in [0.4, 0.5) is 5.69 Å². The van der Waals surface area contributed by atoms with Gasteiger partial charge in [0.1, 0.15) is 0 Å². The number of benzene rings is 2. The molecule has 6 heteroatoms. The summed E-state index contributed by atoms with van der Waals surface area (Å²) in [7, 11) is 3.56. The lowest BCUT2D eigenvalue weighted by Crippen LogP contribution is -2.39. The first kappa shape index (κ1) is 21.4. The van der Waals surface area contributed by atoms with Crippen molar-refractivity contribution >= 4 is 17.5 Å². The van der Waals surface area contributed by atoms with Gasteiger partial charge in [0.2, 0.25) is 5.91 Å². The van der Waals surface area contributed by atoms with Crippen LogP contribution in [-0.4, -0.2) is 79.9 Å². The van der Waals surface area contributed by atoms with E-state index in [0.29, 0.717) is 13.1 Å². The summed E-state index contributed by atoms with van der Waals surface area (Å²) in [5.74, 6) is 0.187. The molecule has 0 aliphatic carbocycles. The van der Waals surface area contributed by atoms with Crippen molar-refractivity contribution in [2.75, 3.05) is 58.3 Å². The Morgan fingerprint density at radius 3 is 2.35 bits per heavy atom. The average Bonchev–Trinajstić information content (AvgIpc) is 3.04. The molecule has 31 heavy (non-hydrogen) atoms. The van der Waals surface area contributed by atoms with Crippen molar-refractivity contribution in [2.24, 2.45) is 0 Å². The molecular weight excluding hydrogens is 388 g/mol. The van der Waals surface area contributed by atoms with Gasteiger partial charge >= 0.3 is 0 Å². The summed E-state index contributed by atoms with van der Waals surface area (Å²) in [6.45, 7) is 5.30. The molecule has 2 amide bonds. The molecule has 2 aromatic rings. The molecule has 0 unspecified atom stereocenters. The number of nitrogens with zero attached hydrogens (tertiary/aromatic N) is 4. The van der Waals surface area contributed by atoms with Gasteiger partial charge in [-0.25, -0.2) is 0 Å². The van der Waals surface area contributed by atoms with Crippen LogP contribution in [0.15, 0.2) is 48.5 Å². The van der Waals surface area contributed by atoms with E-state index in [2.05, 4.69) is 46.2 Å². The fourth-order valence-electron chi connectivity index (χ4n) is 4.38. The first-order chi connectivity index (χ1) is 15.0. The number of rotatable bonds is 4. The summed E-state index contributed by atoms with van der Waals surface area (Å²) >= 11 is 0. The van der Waals surface area contributed by atoms with Crippen LogP contribution in [0.3, 0.4) is 0 Å². The highest BCUT2D eigenvalue weighted by molar-refractivity contribution is 5.94. The predicted octanol–water partition coefficient (Wildman–Crippen LogP) is 2.49. The number of hydrogen-bond acceptors (Lipinski definition) is 4. The number of carbonyl (C=O) groups excluding carboxylic acids is 2. The Morgan fingerprint density at radius 1 is 0.871 bits per heavy atom. The summed E-state index contributed by atoms with van der Waals surface area (Å²) in [4.78, 5) is 33.1.